The van der Waals surface area contributed by atoms with Crippen LogP contribution in [-0.4, -0.2) is 52.1 Å². The number of piperidine rings is 1. The molecule has 0 spiro atoms. The third kappa shape index (κ3) is 2.55. The van der Waals surface area contributed by atoms with E-state index in [1.807, 2.05) is 9.80 Å². The molecule has 5 heteroatoms. The summed E-state index contributed by atoms with van der Waals surface area (Å²) in [6.07, 6.45) is 3.18. The van der Waals surface area contributed by atoms with Crippen LogP contribution in [0.1, 0.15) is 46.5 Å². The van der Waals surface area contributed by atoms with Crippen molar-refractivity contribution in [3.63, 3.8) is 0 Å². The van der Waals surface area contributed by atoms with Gasteiger partial charge in [-0.15, -0.1) is 0 Å². The van der Waals surface area contributed by atoms with Crippen molar-refractivity contribution in [3.05, 3.63) is 0 Å². The largest absolute Gasteiger partial charge is 0.481 e. The molecule has 0 aromatic heterocycles. The number of likely N-dealkylation sites (tertiary alicyclic amines) is 2. The standard InChI is InChI=1S/C14H24N2O3/c1-13(2)5-4-8-16(13)12(19)15-9-6-14(3,7-10-15)11(17)18/h4-10H2,1-3H3,(H,17,18). The molecule has 1 N–H and O–H groups in total. The van der Waals surface area contributed by atoms with E-state index in [1.165, 1.54) is 0 Å². The van der Waals surface area contributed by atoms with Crippen LogP contribution in [0.15, 0.2) is 0 Å². The first-order valence-electron chi connectivity index (χ1n) is 7.06. The highest BCUT2D eigenvalue weighted by molar-refractivity contribution is 5.77. The molecule has 0 saturated carbocycles. The summed E-state index contributed by atoms with van der Waals surface area (Å²) < 4.78 is 0. The van der Waals surface area contributed by atoms with Crippen LogP contribution in [0, 0.1) is 5.41 Å². The van der Waals surface area contributed by atoms with Gasteiger partial charge in [0.2, 0.25) is 0 Å². The topological polar surface area (TPSA) is 60.9 Å². The van der Waals surface area contributed by atoms with E-state index >= 15 is 0 Å². The van der Waals surface area contributed by atoms with Crippen LogP contribution in [-0.2, 0) is 4.79 Å². The molecular weight excluding hydrogens is 244 g/mol. The average molecular weight is 268 g/mol. The molecule has 2 fully saturated rings. The lowest BCUT2D eigenvalue weighted by Gasteiger charge is -2.41. The summed E-state index contributed by atoms with van der Waals surface area (Å²) in [5.74, 6) is -0.749. The first-order chi connectivity index (χ1) is 8.76. The number of hydrogen-bond donors (Lipinski definition) is 1. The summed E-state index contributed by atoms with van der Waals surface area (Å²) >= 11 is 0. The Balaban J connectivity index is 1.98. The van der Waals surface area contributed by atoms with Crippen LogP contribution in [0.2, 0.25) is 0 Å². The van der Waals surface area contributed by atoms with Crippen LogP contribution < -0.4 is 0 Å². The van der Waals surface area contributed by atoms with Gasteiger partial charge < -0.3 is 14.9 Å². The van der Waals surface area contributed by atoms with Crippen molar-refractivity contribution < 1.29 is 14.7 Å². The van der Waals surface area contributed by atoms with Crippen LogP contribution in [0.25, 0.3) is 0 Å². The Kier molecular flexibility index (Phi) is 3.49. The second kappa shape index (κ2) is 4.69. The number of carbonyl (C=O) groups excluding carboxylic acids is 1. The van der Waals surface area contributed by atoms with Crippen molar-refractivity contribution >= 4 is 12.0 Å². The maximum atomic E-state index is 12.5. The zero-order chi connectivity index (χ0) is 14.3. The van der Waals surface area contributed by atoms with E-state index < -0.39 is 11.4 Å². The first kappa shape index (κ1) is 14.2. The van der Waals surface area contributed by atoms with Gasteiger partial charge in [-0.1, -0.05) is 0 Å². The number of carbonyl (C=O) groups is 2. The molecule has 2 amide bonds. The van der Waals surface area contributed by atoms with E-state index in [2.05, 4.69) is 13.8 Å². The smallest absolute Gasteiger partial charge is 0.320 e. The van der Waals surface area contributed by atoms with E-state index in [4.69, 9.17) is 0 Å². The van der Waals surface area contributed by atoms with Gasteiger partial charge in [-0.05, 0) is 46.5 Å². The third-order valence-corrected chi connectivity index (χ3v) is 4.79. The van der Waals surface area contributed by atoms with Gasteiger partial charge in [0, 0.05) is 25.2 Å². The number of carboxylic acid groups (broad SMARTS) is 1. The highest BCUT2D eigenvalue weighted by atomic mass is 16.4. The van der Waals surface area contributed by atoms with Crippen LogP contribution >= 0.6 is 0 Å². The van der Waals surface area contributed by atoms with E-state index in [0.29, 0.717) is 25.9 Å². The number of carboxylic acids is 1. The lowest BCUT2D eigenvalue weighted by Crippen LogP contribution is -2.53. The number of hydrogen-bond acceptors (Lipinski definition) is 2. The zero-order valence-electron chi connectivity index (χ0n) is 12.1. The molecule has 0 radical (unpaired) electrons. The molecule has 0 aromatic carbocycles. The number of rotatable bonds is 1. The van der Waals surface area contributed by atoms with Gasteiger partial charge in [0.1, 0.15) is 0 Å². The van der Waals surface area contributed by atoms with Crippen molar-refractivity contribution in [1.29, 1.82) is 0 Å². The Morgan fingerprint density at radius 2 is 1.58 bits per heavy atom. The Hall–Kier alpha value is -1.26. The summed E-state index contributed by atoms with van der Waals surface area (Å²) in [7, 11) is 0. The molecule has 0 unspecified atom stereocenters. The van der Waals surface area contributed by atoms with Crippen molar-refractivity contribution in [3.8, 4) is 0 Å². The molecule has 2 saturated heterocycles. The van der Waals surface area contributed by atoms with Gasteiger partial charge in [-0.25, -0.2) is 4.79 Å². The van der Waals surface area contributed by atoms with Crippen molar-refractivity contribution in [1.82, 2.24) is 9.80 Å². The van der Waals surface area contributed by atoms with Crippen LogP contribution in [0.3, 0.4) is 0 Å². The summed E-state index contributed by atoms with van der Waals surface area (Å²) in [5.41, 5.74) is -0.734. The molecule has 2 heterocycles. The number of aliphatic carboxylic acids is 1. The third-order valence-electron chi connectivity index (χ3n) is 4.79. The van der Waals surface area contributed by atoms with Gasteiger partial charge in [0.05, 0.1) is 5.41 Å². The molecule has 2 aliphatic rings. The SMILES string of the molecule is CC1(C(=O)O)CCN(C(=O)N2CCCC2(C)C)CC1. The van der Waals surface area contributed by atoms with E-state index in [-0.39, 0.29) is 11.6 Å². The lowest BCUT2D eigenvalue weighted by molar-refractivity contribution is -0.150. The Labute approximate surface area is 114 Å². The average Bonchev–Trinajstić information content (AvgIpc) is 2.69. The molecule has 0 aliphatic carbocycles. The Bertz CT molecular complexity index is 384. The van der Waals surface area contributed by atoms with Crippen LogP contribution in [0.4, 0.5) is 4.79 Å². The fraction of sp³-hybridized carbons (Fsp3) is 0.857. The normalized spacial score (nSPS) is 25.4. The van der Waals surface area contributed by atoms with Gasteiger partial charge in [0.15, 0.2) is 0 Å². The van der Waals surface area contributed by atoms with Crippen molar-refractivity contribution in [2.24, 2.45) is 5.41 Å². The fourth-order valence-electron chi connectivity index (χ4n) is 3.04. The quantitative estimate of drug-likeness (QED) is 0.792. The minimum atomic E-state index is -0.749. The molecular formula is C14H24N2O3. The Morgan fingerprint density at radius 3 is 2.00 bits per heavy atom. The molecule has 2 aliphatic heterocycles. The van der Waals surface area contributed by atoms with Crippen LogP contribution in [0.5, 0.6) is 0 Å². The summed E-state index contributed by atoms with van der Waals surface area (Å²) in [6, 6.07) is 0.0786. The lowest BCUT2D eigenvalue weighted by atomic mass is 9.80. The van der Waals surface area contributed by atoms with Gasteiger partial charge in [-0.2, -0.15) is 0 Å². The maximum Gasteiger partial charge on any atom is 0.320 e. The molecule has 2 rings (SSSR count). The van der Waals surface area contributed by atoms with E-state index in [0.717, 1.165) is 19.4 Å². The second-order valence-corrected chi connectivity index (χ2v) is 6.70. The van der Waals surface area contributed by atoms with Gasteiger partial charge in [0.25, 0.3) is 0 Å². The number of urea groups is 1. The molecule has 5 nitrogen and oxygen atoms in total. The number of nitrogens with zero attached hydrogens (tertiary/aromatic N) is 2. The summed E-state index contributed by atoms with van der Waals surface area (Å²) in [6.45, 7) is 7.89. The molecule has 19 heavy (non-hydrogen) atoms. The van der Waals surface area contributed by atoms with Gasteiger partial charge in [-0.3, -0.25) is 4.79 Å². The highest BCUT2D eigenvalue weighted by Crippen LogP contribution is 2.34. The number of amides is 2. The fourth-order valence-corrected chi connectivity index (χ4v) is 3.04. The van der Waals surface area contributed by atoms with E-state index in [1.54, 1.807) is 6.92 Å². The Morgan fingerprint density at radius 1 is 1.00 bits per heavy atom. The maximum absolute atomic E-state index is 12.5. The van der Waals surface area contributed by atoms with Gasteiger partial charge >= 0.3 is 12.0 Å². The highest BCUT2D eigenvalue weighted by Gasteiger charge is 2.42. The molecule has 108 valence electrons. The van der Waals surface area contributed by atoms with Crippen molar-refractivity contribution in [2.45, 2.75) is 52.0 Å². The minimum absolute atomic E-state index is 0.0648. The predicted molar refractivity (Wildman–Crippen MR) is 72.0 cm³/mol. The minimum Gasteiger partial charge on any atom is -0.481 e. The summed E-state index contributed by atoms with van der Waals surface area (Å²) in [4.78, 5) is 27.5. The summed E-state index contributed by atoms with van der Waals surface area (Å²) in [5, 5.41) is 9.20. The molecule has 0 bridgehead atoms. The first-order valence-corrected chi connectivity index (χ1v) is 7.06. The van der Waals surface area contributed by atoms with E-state index in [9.17, 15) is 14.7 Å². The molecule has 0 aromatic rings. The predicted octanol–water partition coefficient (Wildman–Crippen LogP) is 2.17. The monoisotopic (exact) mass is 268 g/mol. The second-order valence-electron chi connectivity index (χ2n) is 6.70. The van der Waals surface area contributed by atoms with Crippen molar-refractivity contribution in [2.75, 3.05) is 19.6 Å². The molecule has 0 atom stereocenters. The zero-order valence-corrected chi connectivity index (χ0v) is 12.1.